The van der Waals surface area contributed by atoms with Crippen LogP contribution in [0, 0.1) is 0 Å². The molecular weight excluding hydrogens is 230 g/mol. The van der Waals surface area contributed by atoms with Gasteiger partial charge in [-0.2, -0.15) is 0 Å². The lowest BCUT2D eigenvalue weighted by Gasteiger charge is -2.34. The maximum atomic E-state index is 5.68. The van der Waals surface area contributed by atoms with E-state index in [-0.39, 0.29) is 0 Å². The highest BCUT2D eigenvalue weighted by Gasteiger charge is 2.22. The average Bonchev–Trinajstić information content (AvgIpc) is 2.80. The van der Waals surface area contributed by atoms with Crippen LogP contribution in [0.4, 0.5) is 0 Å². The van der Waals surface area contributed by atoms with Crippen molar-refractivity contribution in [3.63, 3.8) is 0 Å². The first-order chi connectivity index (χ1) is 8.83. The predicted octanol–water partition coefficient (Wildman–Crippen LogP) is 1.52. The topological polar surface area (TPSA) is 64.5 Å². The summed E-state index contributed by atoms with van der Waals surface area (Å²) in [6.45, 7) is 3.24. The molecule has 1 saturated heterocycles. The quantitative estimate of drug-likeness (QED) is 0.832. The van der Waals surface area contributed by atoms with Crippen molar-refractivity contribution in [3.8, 4) is 0 Å². The van der Waals surface area contributed by atoms with E-state index in [1.165, 1.54) is 19.3 Å². The van der Waals surface area contributed by atoms with Crippen LogP contribution in [-0.4, -0.2) is 36.3 Å². The van der Waals surface area contributed by atoms with Crippen LogP contribution in [0.25, 0.3) is 0 Å². The number of hydrogen-bond acceptors (Lipinski definition) is 5. The van der Waals surface area contributed by atoms with Crippen molar-refractivity contribution in [2.75, 3.05) is 20.2 Å². The average molecular weight is 253 g/mol. The molecule has 1 atom stereocenters. The fraction of sp³-hybridized carbons (Fsp3) is 0.769. The van der Waals surface area contributed by atoms with E-state index in [1.54, 1.807) is 7.11 Å². The normalized spacial score (nSPS) is 21.3. The van der Waals surface area contributed by atoms with Crippen molar-refractivity contribution in [2.45, 2.75) is 44.9 Å². The maximum absolute atomic E-state index is 5.68. The Labute approximate surface area is 108 Å². The molecule has 1 aromatic heterocycles. The van der Waals surface area contributed by atoms with E-state index in [0.29, 0.717) is 12.6 Å². The number of piperidine rings is 1. The Morgan fingerprint density at radius 3 is 3.22 bits per heavy atom. The molecule has 0 spiro atoms. The van der Waals surface area contributed by atoms with Crippen molar-refractivity contribution < 1.29 is 9.26 Å². The third-order valence-corrected chi connectivity index (χ3v) is 3.51. The second kappa shape index (κ2) is 6.87. The summed E-state index contributed by atoms with van der Waals surface area (Å²) in [5.74, 6) is 0.792. The van der Waals surface area contributed by atoms with Crippen LogP contribution in [0.5, 0.6) is 0 Å². The van der Waals surface area contributed by atoms with E-state index < -0.39 is 0 Å². The number of nitrogens with zero attached hydrogens (tertiary/aromatic N) is 2. The highest BCUT2D eigenvalue weighted by Crippen LogP contribution is 2.21. The number of hydrogen-bond donors (Lipinski definition) is 1. The monoisotopic (exact) mass is 253 g/mol. The van der Waals surface area contributed by atoms with Gasteiger partial charge in [0, 0.05) is 25.8 Å². The van der Waals surface area contributed by atoms with Crippen LogP contribution in [0.2, 0.25) is 0 Å². The van der Waals surface area contributed by atoms with Crippen molar-refractivity contribution in [3.05, 3.63) is 17.5 Å². The summed E-state index contributed by atoms with van der Waals surface area (Å²) >= 11 is 0. The smallest absolute Gasteiger partial charge is 0.162 e. The molecule has 1 aliphatic heterocycles. The standard InChI is InChI=1S/C13H23N3O2/c1-17-10-13-8-11(15-18-13)9-16-7-3-2-4-12(16)5-6-14/h8,12H,2-7,9-10,14H2,1H3. The molecule has 1 aromatic rings. The third-order valence-electron chi connectivity index (χ3n) is 3.51. The molecule has 0 saturated carbocycles. The Hall–Kier alpha value is -0.910. The molecule has 5 heteroatoms. The Morgan fingerprint density at radius 2 is 2.44 bits per heavy atom. The summed E-state index contributed by atoms with van der Waals surface area (Å²) in [5, 5.41) is 4.10. The van der Waals surface area contributed by atoms with Crippen LogP contribution in [0.3, 0.4) is 0 Å². The molecule has 102 valence electrons. The molecular formula is C13H23N3O2. The highest BCUT2D eigenvalue weighted by atomic mass is 16.5. The Balaban J connectivity index is 1.92. The summed E-state index contributed by atoms with van der Waals surface area (Å²) in [4.78, 5) is 2.48. The molecule has 0 radical (unpaired) electrons. The molecule has 1 fully saturated rings. The first-order valence-corrected chi connectivity index (χ1v) is 6.71. The fourth-order valence-corrected chi connectivity index (χ4v) is 2.64. The van der Waals surface area contributed by atoms with Gasteiger partial charge in [-0.15, -0.1) is 0 Å². The minimum atomic E-state index is 0.485. The van der Waals surface area contributed by atoms with E-state index in [1.807, 2.05) is 6.07 Å². The first kappa shape index (κ1) is 13.5. The molecule has 1 aliphatic rings. The number of nitrogens with two attached hydrogens (primary N) is 1. The predicted molar refractivity (Wildman–Crippen MR) is 68.9 cm³/mol. The molecule has 2 heterocycles. The van der Waals surface area contributed by atoms with Gasteiger partial charge in [-0.3, -0.25) is 4.90 Å². The van der Waals surface area contributed by atoms with Gasteiger partial charge in [0.1, 0.15) is 6.61 Å². The van der Waals surface area contributed by atoms with E-state index in [9.17, 15) is 0 Å². The van der Waals surface area contributed by atoms with Gasteiger partial charge in [0.25, 0.3) is 0 Å². The zero-order valence-electron chi connectivity index (χ0n) is 11.1. The molecule has 2 rings (SSSR count). The molecule has 1 unspecified atom stereocenters. The van der Waals surface area contributed by atoms with Crippen LogP contribution in [0.1, 0.15) is 37.1 Å². The van der Waals surface area contributed by atoms with Crippen molar-refractivity contribution >= 4 is 0 Å². The van der Waals surface area contributed by atoms with Crippen LogP contribution in [0.15, 0.2) is 10.6 Å². The minimum absolute atomic E-state index is 0.485. The SMILES string of the molecule is COCc1cc(CN2CCCCC2CCN)no1. The van der Waals surface area contributed by atoms with Gasteiger partial charge in [0.15, 0.2) is 5.76 Å². The van der Waals surface area contributed by atoms with Crippen LogP contribution < -0.4 is 5.73 Å². The lowest BCUT2D eigenvalue weighted by molar-refractivity contribution is 0.130. The fourth-order valence-electron chi connectivity index (χ4n) is 2.64. The van der Waals surface area contributed by atoms with Gasteiger partial charge in [0.05, 0.1) is 5.69 Å². The van der Waals surface area contributed by atoms with Gasteiger partial charge < -0.3 is 15.0 Å². The number of aromatic nitrogens is 1. The van der Waals surface area contributed by atoms with Gasteiger partial charge >= 0.3 is 0 Å². The van der Waals surface area contributed by atoms with Crippen LogP contribution in [-0.2, 0) is 17.9 Å². The van der Waals surface area contributed by atoms with Gasteiger partial charge in [0.2, 0.25) is 0 Å². The lowest BCUT2D eigenvalue weighted by atomic mass is 9.99. The van der Waals surface area contributed by atoms with E-state index in [2.05, 4.69) is 10.1 Å². The molecule has 0 aliphatic carbocycles. The number of rotatable bonds is 6. The summed E-state index contributed by atoms with van der Waals surface area (Å²) in [7, 11) is 1.66. The minimum Gasteiger partial charge on any atom is -0.377 e. The van der Waals surface area contributed by atoms with E-state index in [0.717, 1.165) is 37.5 Å². The zero-order chi connectivity index (χ0) is 12.8. The Kier molecular flexibility index (Phi) is 5.16. The highest BCUT2D eigenvalue weighted by molar-refractivity contribution is 5.05. The van der Waals surface area contributed by atoms with E-state index >= 15 is 0 Å². The summed E-state index contributed by atoms with van der Waals surface area (Å²) in [6.07, 6.45) is 4.90. The molecule has 0 bridgehead atoms. The number of ether oxygens (including phenoxy) is 1. The van der Waals surface area contributed by atoms with Gasteiger partial charge in [-0.05, 0) is 32.4 Å². The van der Waals surface area contributed by atoms with Crippen molar-refractivity contribution in [1.29, 1.82) is 0 Å². The molecule has 0 aromatic carbocycles. The van der Waals surface area contributed by atoms with E-state index in [4.69, 9.17) is 15.0 Å². The largest absolute Gasteiger partial charge is 0.377 e. The van der Waals surface area contributed by atoms with Gasteiger partial charge in [-0.1, -0.05) is 11.6 Å². The second-order valence-corrected chi connectivity index (χ2v) is 4.92. The lowest BCUT2D eigenvalue weighted by Crippen LogP contribution is -2.40. The van der Waals surface area contributed by atoms with Crippen LogP contribution >= 0.6 is 0 Å². The van der Waals surface area contributed by atoms with Crippen molar-refractivity contribution in [1.82, 2.24) is 10.1 Å². The number of likely N-dealkylation sites (tertiary alicyclic amines) is 1. The number of methoxy groups -OCH3 is 1. The Morgan fingerprint density at radius 1 is 1.56 bits per heavy atom. The third kappa shape index (κ3) is 3.54. The summed E-state index contributed by atoms with van der Waals surface area (Å²) in [5.41, 5.74) is 6.67. The summed E-state index contributed by atoms with van der Waals surface area (Å²) in [6, 6.07) is 2.59. The van der Waals surface area contributed by atoms with Gasteiger partial charge in [-0.25, -0.2) is 0 Å². The molecule has 0 amide bonds. The molecule has 18 heavy (non-hydrogen) atoms. The maximum Gasteiger partial charge on any atom is 0.162 e. The molecule has 2 N–H and O–H groups in total. The first-order valence-electron chi connectivity index (χ1n) is 6.71. The Bertz CT molecular complexity index is 352. The second-order valence-electron chi connectivity index (χ2n) is 4.92. The zero-order valence-corrected chi connectivity index (χ0v) is 11.1. The summed E-state index contributed by atoms with van der Waals surface area (Å²) < 4.78 is 10.2. The van der Waals surface area contributed by atoms with Crippen molar-refractivity contribution in [2.24, 2.45) is 5.73 Å². The molecule has 5 nitrogen and oxygen atoms in total.